The molecule has 164 valence electrons. The molecule has 31 heavy (non-hydrogen) atoms. The van der Waals surface area contributed by atoms with Crippen molar-refractivity contribution in [2.75, 3.05) is 26.2 Å². The Hall–Kier alpha value is -1.27. The highest BCUT2D eigenvalue weighted by atomic mass is 35.5. The first kappa shape index (κ1) is 22.9. The summed E-state index contributed by atoms with van der Waals surface area (Å²) in [5.41, 5.74) is 0.159. The van der Waals surface area contributed by atoms with Crippen LogP contribution in [0.15, 0.2) is 51.1 Å². The first-order valence-corrected chi connectivity index (χ1v) is 13.3. The second-order valence-electron chi connectivity index (χ2n) is 7.86. The minimum atomic E-state index is -3.76. The fourth-order valence-corrected chi connectivity index (χ4v) is 7.59. The van der Waals surface area contributed by atoms with Gasteiger partial charge in [-0.25, -0.2) is 8.42 Å². The first-order chi connectivity index (χ1) is 14.9. The van der Waals surface area contributed by atoms with Crippen LogP contribution in [0.3, 0.4) is 0 Å². The molecule has 1 heterocycles. The molecule has 4 rings (SSSR count). The summed E-state index contributed by atoms with van der Waals surface area (Å²) >= 11 is 13.5. The van der Waals surface area contributed by atoms with Gasteiger partial charge in [-0.1, -0.05) is 47.8 Å². The van der Waals surface area contributed by atoms with Crippen molar-refractivity contribution in [3.8, 4) is 6.07 Å². The first-order valence-electron chi connectivity index (χ1n) is 10.3. The maximum absolute atomic E-state index is 13.4. The fraction of sp³-hybridized carbons (Fsp3) is 0.409. The number of rotatable bonds is 5. The molecule has 2 aromatic rings. The quantitative estimate of drug-likeness (QED) is 0.565. The molecule has 1 aliphatic heterocycles. The lowest BCUT2D eigenvalue weighted by atomic mass is 10.2. The minimum absolute atomic E-state index is 0.0578. The molecule has 5 nitrogen and oxygen atoms in total. The predicted octanol–water partition coefficient (Wildman–Crippen LogP) is 5.27. The monoisotopic (exact) mass is 495 g/mol. The van der Waals surface area contributed by atoms with Gasteiger partial charge >= 0.3 is 0 Å². The Morgan fingerprint density at radius 2 is 1.58 bits per heavy atom. The number of hydrogen-bond donors (Lipinski definition) is 0. The Balaban J connectivity index is 1.55. The molecule has 0 atom stereocenters. The third-order valence-corrected chi connectivity index (χ3v) is 9.21. The summed E-state index contributed by atoms with van der Waals surface area (Å²) in [4.78, 5) is 3.98. The molecule has 0 N–H and O–H groups in total. The van der Waals surface area contributed by atoms with E-state index in [-0.39, 0.29) is 10.5 Å². The summed E-state index contributed by atoms with van der Waals surface area (Å²) in [6, 6.07) is 12.7. The molecule has 2 aromatic carbocycles. The van der Waals surface area contributed by atoms with Crippen molar-refractivity contribution in [3.05, 3.63) is 52.0 Å². The molecule has 1 saturated carbocycles. The number of piperazine rings is 1. The van der Waals surface area contributed by atoms with Crippen molar-refractivity contribution in [2.24, 2.45) is 0 Å². The van der Waals surface area contributed by atoms with Gasteiger partial charge in [0.15, 0.2) is 0 Å². The Bertz CT molecular complexity index is 1080. The zero-order valence-electron chi connectivity index (χ0n) is 16.9. The van der Waals surface area contributed by atoms with Gasteiger partial charge in [0.25, 0.3) is 0 Å². The van der Waals surface area contributed by atoms with Gasteiger partial charge in [0, 0.05) is 52.1 Å². The number of nitriles is 1. The van der Waals surface area contributed by atoms with Crippen molar-refractivity contribution in [2.45, 2.75) is 46.4 Å². The highest BCUT2D eigenvalue weighted by Crippen LogP contribution is 2.35. The van der Waals surface area contributed by atoms with E-state index in [0.717, 1.165) is 18.0 Å². The van der Waals surface area contributed by atoms with E-state index in [1.165, 1.54) is 41.8 Å². The van der Waals surface area contributed by atoms with Crippen molar-refractivity contribution >= 4 is 45.0 Å². The van der Waals surface area contributed by atoms with Crippen LogP contribution in [-0.2, 0) is 10.0 Å². The molecule has 0 unspecified atom stereocenters. The summed E-state index contributed by atoms with van der Waals surface area (Å²) in [5, 5.41) is 10.6. The van der Waals surface area contributed by atoms with E-state index in [4.69, 9.17) is 23.2 Å². The van der Waals surface area contributed by atoms with Gasteiger partial charge in [-0.2, -0.15) is 9.57 Å². The zero-order valence-corrected chi connectivity index (χ0v) is 20.1. The van der Waals surface area contributed by atoms with Crippen LogP contribution < -0.4 is 0 Å². The third kappa shape index (κ3) is 5.22. The molecule has 0 spiro atoms. The molecule has 9 heteroatoms. The summed E-state index contributed by atoms with van der Waals surface area (Å²) < 4.78 is 28.3. The second kappa shape index (κ2) is 9.70. The summed E-state index contributed by atoms with van der Waals surface area (Å²) in [6.07, 6.45) is 4.93. The highest BCUT2D eigenvalue weighted by Gasteiger charge is 2.33. The van der Waals surface area contributed by atoms with Gasteiger partial charge in [0.2, 0.25) is 10.0 Å². The molecule has 1 saturated heterocycles. The number of sulfonamides is 1. The molecule has 2 fully saturated rings. The fourth-order valence-electron chi connectivity index (χ4n) is 4.31. The van der Waals surface area contributed by atoms with Crippen LogP contribution >= 0.6 is 35.0 Å². The van der Waals surface area contributed by atoms with Gasteiger partial charge in [-0.05, 0) is 49.2 Å². The Labute approximate surface area is 198 Å². The van der Waals surface area contributed by atoms with Gasteiger partial charge in [-0.3, -0.25) is 4.90 Å². The van der Waals surface area contributed by atoms with Crippen LogP contribution in [0.5, 0.6) is 0 Å². The number of halogens is 2. The van der Waals surface area contributed by atoms with Crippen LogP contribution in [0.2, 0.25) is 10.0 Å². The number of nitrogens with zero attached hydrogens (tertiary/aromatic N) is 3. The SMILES string of the molecule is N#Cc1ccc(Sc2cc(Cl)cc(Cl)c2)cc1S(=O)(=O)N1CCN(C2CCCC2)CC1. The van der Waals surface area contributed by atoms with Crippen molar-refractivity contribution in [1.29, 1.82) is 5.26 Å². The summed E-state index contributed by atoms with van der Waals surface area (Å²) in [5.74, 6) is 0. The number of hydrogen-bond acceptors (Lipinski definition) is 5. The normalized spacial score (nSPS) is 18.9. The Morgan fingerprint density at radius 1 is 0.935 bits per heavy atom. The highest BCUT2D eigenvalue weighted by molar-refractivity contribution is 7.99. The second-order valence-corrected chi connectivity index (χ2v) is 11.8. The molecule has 0 aromatic heterocycles. The lowest BCUT2D eigenvalue weighted by molar-refractivity contribution is 0.139. The zero-order chi connectivity index (χ0) is 22.0. The van der Waals surface area contributed by atoms with E-state index in [9.17, 15) is 13.7 Å². The van der Waals surface area contributed by atoms with E-state index in [0.29, 0.717) is 34.1 Å². The molecule has 0 radical (unpaired) electrons. The third-order valence-electron chi connectivity index (χ3n) is 5.88. The lowest BCUT2D eigenvalue weighted by Gasteiger charge is -2.37. The smallest absolute Gasteiger partial charge is 0.244 e. The van der Waals surface area contributed by atoms with E-state index in [2.05, 4.69) is 4.90 Å². The van der Waals surface area contributed by atoms with Gasteiger partial charge in [0.1, 0.15) is 11.0 Å². The van der Waals surface area contributed by atoms with Crippen molar-refractivity contribution in [1.82, 2.24) is 9.21 Å². The minimum Gasteiger partial charge on any atom is -0.298 e. The van der Waals surface area contributed by atoms with E-state index < -0.39 is 10.0 Å². The largest absolute Gasteiger partial charge is 0.298 e. The summed E-state index contributed by atoms with van der Waals surface area (Å²) in [6.45, 7) is 2.37. The van der Waals surface area contributed by atoms with Crippen molar-refractivity contribution in [3.63, 3.8) is 0 Å². The lowest BCUT2D eigenvalue weighted by Crippen LogP contribution is -2.51. The van der Waals surface area contributed by atoms with Crippen molar-refractivity contribution < 1.29 is 8.42 Å². The predicted molar refractivity (Wildman–Crippen MR) is 124 cm³/mol. The van der Waals surface area contributed by atoms with E-state index >= 15 is 0 Å². The Morgan fingerprint density at radius 3 is 2.19 bits per heavy atom. The van der Waals surface area contributed by atoms with E-state index in [1.807, 2.05) is 6.07 Å². The molecular formula is C22H23Cl2N3O2S2. The number of benzene rings is 2. The average Bonchev–Trinajstić information content (AvgIpc) is 3.28. The van der Waals surface area contributed by atoms with Crippen LogP contribution in [0, 0.1) is 11.3 Å². The maximum atomic E-state index is 13.4. The van der Waals surface area contributed by atoms with Gasteiger partial charge < -0.3 is 0 Å². The average molecular weight is 496 g/mol. The van der Waals surface area contributed by atoms with Crippen LogP contribution in [0.25, 0.3) is 0 Å². The molecule has 0 bridgehead atoms. The Kier molecular flexibility index (Phi) is 7.17. The van der Waals surface area contributed by atoms with Crippen LogP contribution in [0.1, 0.15) is 31.2 Å². The molecule has 0 amide bonds. The molecule has 2 aliphatic rings. The van der Waals surface area contributed by atoms with Gasteiger partial charge in [0.05, 0.1) is 5.56 Å². The standard InChI is InChI=1S/C22H23Cl2N3O2S2/c23-17-11-18(24)13-21(12-17)30-20-6-5-16(15-25)22(14-20)31(28,29)27-9-7-26(8-10-27)19-3-1-2-4-19/h5-6,11-14,19H,1-4,7-10H2. The van der Waals surface area contributed by atoms with Crippen LogP contribution in [-0.4, -0.2) is 49.8 Å². The summed E-state index contributed by atoms with van der Waals surface area (Å²) in [7, 11) is -3.76. The maximum Gasteiger partial charge on any atom is 0.244 e. The molecule has 1 aliphatic carbocycles. The van der Waals surface area contributed by atoms with Crippen LogP contribution in [0.4, 0.5) is 0 Å². The van der Waals surface area contributed by atoms with E-state index in [1.54, 1.807) is 36.4 Å². The molecular weight excluding hydrogens is 473 g/mol. The topological polar surface area (TPSA) is 64.4 Å². The van der Waals surface area contributed by atoms with Gasteiger partial charge in [-0.15, -0.1) is 0 Å².